The van der Waals surface area contributed by atoms with E-state index in [2.05, 4.69) is 33.2 Å². The number of rotatable bonds is 2. The van der Waals surface area contributed by atoms with Gasteiger partial charge in [-0.05, 0) is 45.4 Å². The fraction of sp³-hybridized carbons (Fsp3) is 0.278. The Labute approximate surface area is 153 Å². The van der Waals surface area contributed by atoms with E-state index in [1.807, 2.05) is 37.7 Å². The van der Waals surface area contributed by atoms with Crippen molar-refractivity contribution in [2.75, 3.05) is 0 Å². The first kappa shape index (κ1) is 15.4. The summed E-state index contributed by atoms with van der Waals surface area (Å²) in [5.41, 5.74) is 4.95. The highest BCUT2D eigenvalue weighted by Crippen LogP contribution is 2.35. The summed E-state index contributed by atoms with van der Waals surface area (Å²) in [7, 11) is 0. The van der Waals surface area contributed by atoms with Crippen molar-refractivity contribution in [3.05, 3.63) is 47.4 Å². The van der Waals surface area contributed by atoms with Crippen LogP contribution in [-0.2, 0) is 0 Å². The summed E-state index contributed by atoms with van der Waals surface area (Å²) in [5.74, 6) is 0.723. The lowest BCUT2D eigenvalue weighted by atomic mass is 10.1. The Hall–Kier alpha value is -2.87. The molecule has 0 bridgehead atoms. The number of hydrogen-bond acceptors (Lipinski definition) is 6. The molecule has 0 saturated carbocycles. The first-order valence-electron chi connectivity index (χ1n) is 8.45. The summed E-state index contributed by atoms with van der Waals surface area (Å²) >= 11 is 1.63. The molecule has 130 valence electrons. The van der Waals surface area contributed by atoms with Gasteiger partial charge in [0.2, 0.25) is 0 Å². The minimum absolute atomic E-state index is 0.0462. The first-order valence-corrected chi connectivity index (χ1v) is 9.26. The zero-order valence-corrected chi connectivity index (χ0v) is 15.7. The zero-order chi connectivity index (χ0) is 18.0. The van der Waals surface area contributed by atoms with E-state index < -0.39 is 0 Å². The van der Waals surface area contributed by atoms with E-state index in [9.17, 15) is 0 Å². The number of nitrogens with zero attached hydrogens (tertiary/aromatic N) is 7. The molecule has 0 N–H and O–H groups in total. The van der Waals surface area contributed by atoms with Crippen LogP contribution in [0.1, 0.15) is 35.7 Å². The molecule has 5 aromatic rings. The maximum atomic E-state index is 4.81. The molecule has 8 heteroatoms. The van der Waals surface area contributed by atoms with E-state index in [1.54, 1.807) is 22.2 Å². The Bertz CT molecular complexity index is 1290. The van der Waals surface area contributed by atoms with Crippen LogP contribution in [0.5, 0.6) is 0 Å². The SMILES string of the molecule is Cc1cc(C)c2c(n1)sc1c2ncn2nc(C(C)n3ccc(C)n3)nc12. The molecule has 0 spiro atoms. The van der Waals surface area contributed by atoms with Crippen LogP contribution >= 0.6 is 11.3 Å². The smallest absolute Gasteiger partial charge is 0.176 e. The Balaban J connectivity index is 1.75. The normalized spacial score (nSPS) is 13.2. The molecule has 0 radical (unpaired) electrons. The van der Waals surface area contributed by atoms with Gasteiger partial charge >= 0.3 is 0 Å². The molecule has 5 heterocycles. The molecule has 26 heavy (non-hydrogen) atoms. The second kappa shape index (κ2) is 5.31. The van der Waals surface area contributed by atoms with E-state index in [-0.39, 0.29) is 6.04 Å². The van der Waals surface area contributed by atoms with Gasteiger partial charge in [0, 0.05) is 17.3 Å². The quantitative estimate of drug-likeness (QED) is 0.479. The summed E-state index contributed by atoms with van der Waals surface area (Å²) in [6, 6.07) is 4.03. The molecule has 0 aliphatic carbocycles. The van der Waals surface area contributed by atoms with Crippen LogP contribution in [0, 0.1) is 20.8 Å². The third-order valence-corrected chi connectivity index (χ3v) is 5.69. The molecule has 5 aromatic heterocycles. The molecular weight excluding hydrogens is 346 g/mol. The van der Waals surface area contributed by atoms with Gasteiger partial charge in [-0.15, -0.1) is 16.4 Å². The van der Waals surface area contributed by atoms with Gasteiger partial charge < -0.3 is 0 Å². The maximum Gasteiger partial charge on any atom is 0.176 e. The first-order chi connectivity index (χ1) is 12.5. The Morgan fingerprint density at radius 2 is 1.92 bits per heavy atom. The van der Waals surface area contributed by atoms with E-state index in [4.69, 9.17) is 4.98 Å². The van der Waals surface area contributed by atoms with E-state index in [1.165, 1.54) is 5.56 Å². The second-order valence-corrected chi connectivity index (χ2v) is 7.64. The van der Waals surface area contributed by atoms with Crippen LogP contribution in [0.2, 0.25) is 0 Å². The standard InChI is InChI=1S/C18H17N7S/c1-9-7-11(3)20-18-13(9)14-15(26-18)17-21-16(23-25(17)8-19-14)12(4)24-6-5-10(2)22-24/h5-8,12H,1-4H3. The Kier molecular flexibility index (Phi) is 3.14. The van der Waals surface area contributed by atoms with Crippen LogP contribution in [-0.4, -0.2) is 34.3 Å². The number of pyridine rings is 1. The number of hydrogen-bond donors (Lipinski definition) is 0. The average molecular weight is 363 g/mol. The molecule has 5 rings (SSSR count). The number of aromatic nitrogens is 7. The van der Waals surface area contributed by atoms with Crippen LogP contribution in [0.4, 0.5) is 0 Å². The largest absolute Gasteiger partial charge is 0.262 e. The number of thiophene rings is 1. The molecule has 0 aliphatic rings. The van der Waals surface area contributed by atoms with Gasteiger partial charge in [0.25, 0.3) is 0 Å². The van der Waals surface area contributed by atoms with Crippen molar-refractivity contribution in [1.82, 2.24) is 34.3 Å². The molecule has 7 nitrogen and oxygen atoms in total. The lowest BCUT2D eigenvalue weighted by Gasteiger charge is -2.06. The predicted octanol–water partition coefficient (Wildman–Crippen LogP) is 3.62. The van der Waals surface area contributed by atoms with Gasteiger partial charge in [-0.25, -0.2) is 19.5 Å². The fourth-order valence-electron chi connectivity index (χ4n) is 3.33. The van der Waals surface area contributed by atoms with Crippen molar-refractivity contribution in [3.8, 4) is 0 Å². The predicted molar refractivity (Wildman–Crippen MR) is 102 cm³/mol. The average Bonchev–Trinajstić information content (AvgIpc) is 3.28. The van der Waals surface area contributed by atoms with Crippen LogP contribution in [0.15, 0.2) is 24.7 Å². The van der Waals surface area contributed by atoms with Gasteiger partial charge in [-0.3, -0.25) is 4.68 Å². The van der Waals surface area contributed by atoms with Crippen LogP contribution < -0.4 is 0 Å². The molecule has 0 aliphatic heterocycles. The molecule has 0 fully saturated rings. The second-order valence-electron chi connectivity index (χ2n) is 6.64. The summed E-state index contributed by atoms with van der Waals surface area (Å²) in [5, 5.41) is 10.2. The highest BCUT2D eigenvalue weighted by atomic mass is 32.1. The van der Waals surface area contributed by atoms with E-state index in [0.29, 0.717) is 0 Å². The van der Waals surface area contributed by atoms with Crippen LogP contribution in [0.25, 0.3) is 26.1 Å². The number of aryl methyl sites for hydroxylation is 3. The summed E-state index contributed by atoms with van der Waals surface area (Å²) < 4.78 is 4.66. The Morgan fingerprint density at radius 3 is 2.69 bits per heavy atom. The monoisotopic (exact) mass is 363 g/mol. The summed E-state index contributed by atoms with van der Waals surface area (Å²) in [6.07, 6.45) is 3.69. The topological polar surface area (TPSA) is 73.8 Å². The van der Waals surface area contributed by atoms with E-state index in [0.717, 1.165) is 43.3 Å². The van der Waals surface area contributed by atoms with E-state index >= 15 is 0 Å². The summed E-state index contributed by atoms with van der Waals surface area (Å²) in [6.45, 7) is 8.14. The van der Waals surface area contributed by atoms with Gasteiger partial charge in [0.1, 0.15) is 21.9 Å². The molecule has 0 saturated heterocycles. The lowest BCUT2D eigenvalue weighted by molar-refractivity contribution is 0.533. The third-order valence-electron chi connectivity index (χ3n) is 4.62. The summed E-state index contributed by atoms with van der Waals surface area (Å²) in [4.78, 5) is 15.1. The number of fused-ring (bicyclic) bond motifs is 5. The van der Waals surface area contributed by atoms with Gasteiger partial charge in [0.05, 0.1) is 11.2 Å². The molecule has 0 amide bonds. The highest BCUT2D eigenvalue weighted by Gasteiger charge is 2.19. The lowest BCUT2D eigenvalue weighted by Crippen LogP contribution is -2.09. The van der Waals surface area contributed by atoms with Crippen LogP contribution in [0.3, 0.4) is 0 Å². The maximum absolute atomic E-state index is 4.81. The van der Waals surface area contributed by atoms with Gasteiger partial charge in [0.15, 0.2) is 11.5 Å². The molecule has 1 atom stereocenters. The van der Waals surface area contributed by atoms with Crippen molar-refractivity contribution in [1.29, 1.82) is 0 Å². The molecule has 1 unspecified atom stereocenters. The third kappa shape index (κ3) is 2.15. The van der Waals surface area contributed by atoms with Gasteiger partial charge in [-0.2, -0.15) is 5.10 Å². The Morgan fingerprint density at radius 1 is 1.08 bits per heavy atom. The molecule has 0 aromatic carbocycles. The minimum Gasteiger partial charge on any atom is -0.262 e. The van der Waals surface area contributed by atoms with Crippen molar-refractivity contribution in [2.24, 2.45) is 0 Å². The molecular formula is C18H17N7S. The zero-order valence-electron chi connectivity index (χ0n) is 14.9. The fourth-order valence-corrected chi connectivity index (χ4v) is 4.55. The van der Waals surface area contributed by atoms with Crippen molar-refractivity contribution < 1.29 is 0 Å². The van der Waals surface area contributed by atoms with Gasteiger partial charge in [-0.1, -0.05) is 0 Å². The van der Waals surface area contributed by atoms with Crippen molar-refractivity contribution in [2.45, 2.75) is 33.7 Å². The van der Waals surface area contributed by atoms with Crippen molar-refractivity contribution in [3.63, 3.8) is 0 Å². The minimum atomic E-state index is -0.0462. The highest BCUT2D eigenvalue weighted by molar-refractivity contribution is 7.26. The van der Waals surface area contributed by atoms with Crippen molar-refractivity contribution >= 4 is 37.4 Å².